The van der Waals surface area contributed by atoms with E-state index in [1.165, 1.54) is 17.2 Å². The van der Waals surface area contributed by atoms with Gasteiger partial charge in [0.1, 0.15) is 36.1 Å². The number of aliphatic hydroxyl groups excluding tert-OH is 2. The van der Waals surface area contributed by atoms with Crippen molar-refractivity contribution in [1.29, 1.82) is 0 Å². The van der Waals surface area contributed by atoms with Crippen molar-refractivity contribution in [2.75, 3.05) is 12.3 Å². The highest BCUT2D eigenvalue weighted by Gasteiger charge is 2.46. The zero-order chi connectivity index (χ0) is 20.5. The normalized spacial score (nSPS) is 25.2. The molecule has 1 fully saturated rings. The van der Waals surface area contributed by atoms with Crippen LogP contribution in [0.1, 0.15) is 17.8 Å². The summed E-state index contributed by atoms with van der Waals surface area (Å²) in [5.41, 5.74) is 13.3. The summed E-state index contributed by atoms with van der Waals surface area (Å²) in [5, 5.41) is 22.9. The highest BCUT2D eigenvalue weighted by Crippen LogP contribution is 2.32. The minimum Gasteiger partial charge on any atom is -0.394 e. The summed E-state index contributed by atoms with van der Waals surface area (Å²) in [6.07, 6.45) is -0.246. The molecule has 1 aromatic carbocycles. The molecule has 2 unspecified atom stereocenters. The summed E-state index contributed by atoms with van der Waals surface area (Å²) < 4.78 is 7.31. The van der Waals surface area contributed by atoms with Gasteiger partial charge in [-0.1, -0.05) is 30.3 Å². The van der Waals surface area contributed by atoms with E-state index in [2.05, 4.69) is 20.3 Å². The van der Waals surface area contributed by atoms with Gasteiger partial charge in [0.15, 0.2) is 17.7 Å². The third-order valence-corrected chi connectivity index (χ3v) is 4.96. The first kappa shape index (κ1) is 19.2. The molecule has 1 aliphatic rings. The first-order chi connectivity index (χ1) is 14.0. The molecule has 0 spiro atoms. The first-order valence-electron chi connectivity index (χ1n) is 8.99. The molecule has 152 valence electrons. The van der Waals surface area contributed by atoms with Gasteiger partial charge < -0.3 is 31.7 Å². The monoisotopic (exact) mass is 399 g/mol. The third-order valence-electron chi connectivity index (χ3n) is 4.96. The lowest BCUT2D eigenvalue weighted by molar-refractivity contribution is -0.124. The molecule has 0 radical (unpaired) electrons. The standard InChI is InChI=1S/C18H21N7O4/c19-11(9-4-2-1-3-5-9)17(28)24-12-14(27)10(6-26)29-18(12)25-8-23-13-15(20)21-7-22-16(13)25/h1-5,7-8,10-12,14,18,26-27H,6,19H2,(H,24,28)(H2,20,21,22)/t10-,11?,12+,14?,18-/m1/s1. The molecule has 3 aromatic rings. The van der Waals surface area contributed by atoms with Crippen LogP contribution in [0.3, 0.4) is 0 Å². The smallest absolute Gasteiger partial charge is 0.241 e. The van der Waals surface area contributed by atoms with Gasteiger partial charge in [0.05, 0.1) is 12.9 Å². The van der Waals surface area contributed by atoms with E-state index >= 15 is 0 Å². The van der Waals surface area contributed by atoms with Crippen molar-refractivity contribution < 1.29 is 19.7 Å². The Labute approximate surface area is 165 Å². The molecule has 5 atom stereocenters. The fourth-order valence-corrected chi connectivity index (χ4v) is 3.41. The fraction of sp³-hybridized carbons (Fsp3) is 0.333. The number of rotatable bonds is 5. The molecule has 0 bridgehead atoms. The maximum absolute atomic E-state index is 12.7. The summed E-state index contributed by atoms with van der Waals surface area (Å²) in [6.45, 7) is -0.432. The van der Waals surface area contributed by atoms with Crippen LogP contribution in [-0.4, -0.2) is 60.5 Å². The molecule has 0 aliphatic carbocycles. The Morgan fingerprint density at radius 1 is 1.28 bits per heavy atom. The number of nitrogens with one attached hydrogen (secondary N) is 1. The van der Waals surface area contributed by atoms with Crippen LogP contribution in [0.2, 0.25) is 0 Å². The van der Waals surface area contributed by atoms with E-state index < -0.39 is 43.0 Å². The van der Waals surface area contributed by atoms with E-state index in [-0.39, 0.29) is 5.82 Å². The predicted octanol–water partition coefficient (Wildman–Crippen LogP) is -1.16. The number of benzene rings is 1. The van der Waals surface area contributed by atoms with Crippen molar-refractivity contribution in [1.82, 2.24) is 24.8 Å². The largest absolute Gasteiger partial charge is 0.394 e. The second-order valence-electron chi connectivity index (χ2n) is 6.74. The van der Waals surface area contributed by atoms with Gasteiger partial charge in [-0.05, 0) is 5.56 Å². The Kier molecular flexibility index (Phi) is 5.11. The van der Waals surface area contributed by atoms with Gasteiger partial charge in [0, 0.05) is 0 Å². The van der Waals surface area contributed by atoms with Crippen molar-refractivity contribution in [3.8, 4) is 0 Å². The number of aromatic nitrogens is 4. The number of nitrogens with zero attached hydrogens (tertiary/aromatic N) is 4. The van der Waals surface area contributed by atoms with E-state index in [9.17, 15) is 15.0 Å². The molecule has 1 saturated heterocycles. The predicted molar refractivity (Wildman–Crippen MR) is 102 cm³/mol. The molecule has 11 nitrogen and oxygen atoms in total. The van der Waals surface area contributed by atoms with E-state index in [1.807, 2.05) is 6.07 Å². The van der Waals surface area contributed by atoms with Gasteiger partial charge in [-0.2, -0.15) is 0 Å². The maximum Gasteiger partial charge on any atom is 0.241 e. The van der Waals surface area contributed by atoms with Gasteiger partial charge in [-0.15, -0.1) is 0 Å². The number of ether oxygens (including phenoxy) is 1. The molecule has 1 aliphatic heterocycles. The van der Waals surface area contributed by atoms with Crippen molar-refractivity contribution in [2.24, 2.45) is 5.73 Å². The number of nitrogens with two attached hydrogens (primary N) is 2. The second-order valence-corrected chi connectivity index (χ2v) is 6.74. The van der Waals surface area contributed by atoms with Crippen LogP contribution in [0.5, 0.6) is 0 Å². The van der Waals surface area contributed by atoms with E-state index in [1.54, 1.807) is 24.3 Å². The topological polar surface area (TPSA) is 174 Å². The highest BCUT2D eigenvalue weighted by atomic mass is 16.5. The number of hydrogen-bond donors (Lipinski definition) is 5. The lowest BCUT2D eigenvalue weighted by atomic mass is 10.0. The molecule has 2 aromatic heterocycles. The molecular weight excluding hydrogens is 378 g/mol. The molecule has 3 heterocycles. The number of nitrogen functional groups attached to an aromatic ring is 1. The highest BCUT2D eigenvalue weighted by molar-refractivity contribution is 5.83. The Morgan fingerprint density at radius 2 is 2.03 bits per heavy atom. The molecule has 1 amide bonds. The molecule has 4 rings (SSSR count). The van der Waals surface area contributed by atoms with Gasteiger partial charge in [0.25, 0.3) is 0 Å². The van der Waals surface area contributed by atoms with Gasteiger partial charge >= 0.3 is 0 Å². The Bertz CT molecular complexity index is 1010. The van der Waals surface area contributed by atoms with Gasteiger partial charge in [-0.25, -0.2) is 15.0 Å². The number of hydrogen-bond acceptors (Lipinski definition) is 9. The summed E-state index contributed by atoms with van der Waals surface area (Å²) >= 11 is 0. The van der Waals surface area contributed by atoms with Crippen LogP contribution < -0.4 is 16.8 Å². The van der Waals surface area contributed by atoms with E-state index in [0.29, 0.717) is 16.7 Å². The SMILES string of the molecule is Nc1ncnc2c1ncn2[C@@H]1O[C@H](CO)C(O)[C@@H]1NC(=O)C(N)c1ccccc1. The number of fused-ring (bicyclic) bond motifs is 1. The number of anilines is 1. The quantitative estimate of drug-likeness (QED) is 0.354. The number of carbonyl (C=O) groups is 1. The lowest BCUT2D eigenvalue weighted by Gasteiger charge is -2.24. The molecule has 7 N–H and O–H groups in total. The third kappa shape index (κ3) is 3.40. The Balaban J connectivity index is 1.64. The Morgan fingerprint density at radius 3 is 2.76 bits per heavy atom. The number of amides is 1. The van der Waals surface area contributed by atoms with Crippen LogP contribution in [0.4, 0.5) is 5.82 Å². The minimum atomic E-state index is -1.17. The Hall–Kier alpha value is -3.12. The van der Waals surface area contributed by atoms with Crippen LogP contribution >= 0.6 is 0 Å². The van der Waals surface area contributed by atoms with Crippen molar-refractivity contribution in [3.05, 3.63) is 48.5 Å². The summed E-state index contributed by atoms with van der Waals surface area (Å²) in [5.74, 6) is -0.302. The summed E-state index contributed by atoms with van der Waals surface area (Å²) in [6, 6.07) is 7.02. The fourth-order valence-electron chi connectivity index (χ4n) is 3.41. The summed E-state index contributed by atoms with van der Waals surface area (Å²) in [7, 11) is 0. The first-order valence-corrected chi connectivity index (χ1v) is 8.99. The van der Waals surface area contributed by atoms with E-state index in [4.69, 9.17) is 16.2 Å². The summed E-state index contributed by atoms with van der Waals surface area (Å²) in [4.78, 5) is 25.0. The van der Waals surface area contributed by atoms with Crippen molar-refractivity contribution in [2.45, 2.75) is 30.5 Å². The average Bonchev–Trinajstić information content (AvgIpc) is 3.30. The van der Waals surface area contributed by atoms with Crippen LogP contribution in [0.25, 0.3) is 11.2 Å². The van der Waals surface area contributed by atoms with Crippen LogP contribution in [0, 0.1) is 0 Å². The van der Waals surface area contributed by atoms with Gasteiger partial charge in [0.2, 0.25) is 5.91 Å². The zero-order valence-electron chi connectivity index (χ0n) is 15.3. The lowest BCUT2D eigenvalue weighted by Crippen LogP contribution is -2.49. The van der Waals surface area contributed by atoms with Crippen molar-refractivity contribution >= 4 is 22.9 Å². The van der Waals surface area contributed by atoms with Crippen LogP contribution in [-0.2, 0) is 9.53 Å². The molecule has 29 heavy (non-hydrogen) atoms. The number of carbonyl (C=O) groups excluding carboxylic acids is 1. The molecular formula is C18H21N7O4. The second kappa shape index (κ2) is 7.72. The molecule has 11 heteroatoms. The molecule has 0 saturated carbocycles. The van der Waals surface area contributed by atoms with Crippen molar-refractivity contribution in [3.63, 3.8) is 0 Å². The maximum atomic E-state index is 12.7. The van der Waals surface area contributed by atoms with Gasteiger partial charge in [-0.3, -0.25) is 9.36 Å². The minimum absolute atomic E-state index is 0.192. The van der Waals surface area contributed by atoms with E-state index in [0.717, 1.165) is 0 Å². The number of aliphatic hydroxyl groups is 2. The number of imidazole rings is 1. The van der Waals surface area contributed by atoms with Crippen LogP contribution in [0.15, 0.2) is 43.0 Å². The average molecular weight is 399 g/mol. The zero-order valence-corrected chi connectivity index (χ0v) is 15.3.